The number of H-pyrrole nitrogens is 1. The van der Waals surface area contributed by atoms with E-state index < -0.39 is 0 Å². The van der Waals surface area contributed by atoms with E-state index in [1.807, 2.05) is 17.4 Å². The van der Waals surface area contributed by atoms with Gasteiger partial charge in [-0.2, -0.15) is 5.10 Å². The van der Waals surface area contributed by atoms with Gasteiger partial charge in [0.1, 0.15) is 0 Å². The number of aromatic nitrogens is 2. The average Bonchev–Trinajstić information content (AvgIpc) is 2.97. The van der Waals surface area contributed by atoms with Gasteiger partial charge in [0.15, 0.2) is 0 Å². The van der Waals surface area contributed by atoms with E-state index in [1.165, 1.54) is 4.88 Å². The summed E-state index contributed by atoms with van der Waals surface area (Å²) in [6, 6.07) is 6.86. The zero-order valence-electron chi connectivity index (χ0n) is 9.44. The number of hydrogen-bond acceptors (Lipinski definition) is 3. The molecule has 0 saturated heterocycles. The highest BCUT2D eigenvalue weighted by Crippen LogP contribution is 2.12. The fraction of sp³-hybridized carbons (Fsp3) is 0.417. The number of hydrogen-bond donors (Lipinski definition) is 2. The molecule has 0 aliphatic heterocycles. The fourth-order valence-electron chi connectivity index (χ4n) is 1.67. The Bertz CT molecular complexity index is 380. The molecule has 1 atom stereocenters. The van der Waals surface area contributed by atoms with Crippen molar-refractivity contribution in [2.45, 2.75) is 32.4 Å². The number of aromatic amines is 1. The molecule has 2 aromatic heterocycles. The van der Waals surface area contributed by atoms with Crippen molar-refractivity contribution in [2.24, 2.45) is 0 Å². The maximum absolute atomic E-state index is 3.94. The molecule has 2 rings (SSSR count). The van der Waals surface area contributed by atoms with Gasteiger partial charge in [-0.3, -0.25) is 5.10 Å². The van der Waals surface area contributed by atoms with E-state index in [4.69, 9.17) is 0 Å². The summed E-state index contributed by atoms with van der Waals surface area (Å²) < 4.78 is 0. The molecule has 4 heteroatoms. The molecule has 0 saturated carbocycles. The normalized spacial score (nSPS) is 12.8. The molecule has 0 spiro atoms. The van der Waals surface area contributed by atoms with E-state index >= 15 is 0 Å². The Balaban J connectivity index is 1.81. The van der Waals surface area contributed by atoms with Gasteiger partial charge in [-0.05, 0) is 30.4 Å². The second kappa shape index (κ2) is 5.82. The molecular formula is C12H17N3S. The smallest absolute Gasteiger partial charge is 0.0490 e. The molecule has 2 heterocycles. The number of rotatable bonds is 6. The lowest BCUT2D eigenvalue weighted by molar-refractivity contribution is 0.493. The first-order valence-electron chi connectivity index (χ1n) is 5.62. The van der Waals surface area contributed by atoms with Crippen LogP contribution in [0.3, 0.4) is 0 Å². The molecule has 0 amide bonds. The summed E-state index contributed by atoms with van der Waals surface area (Å²) >= 11 is 1.83. The number of nitrogens with zero attached hydrogens (tertiary/aromatic N) is 1. The molecule has 3 nitrogen and oxygen atoms in total. The Morgan fingerprint density at radius 1 is 1.50 bits per heavy atom. The quantitative estimate of drug-likeness (QED) is 0.808. The van der Waals surface area contributed by atoms with Crippen LogP contribution in [0.5, 0.6) is 0 Å². The first-order chi connectivity index (χ1) is 7.88. The van der Waals surface area contributed by atoms with E-state index in [0.717, 1.165) is 25.1 Å². The Hall–Kier alpha value is -1.13. The van der Waals surface area contributed by atoms with Crippen LogP contribution < -0.4 is 5.32 Å². The van der Waals surface area contributed by atoms with Crippen LogP contribution >= 0.6 is 11.3 Å². The van der Waals surface area contributed by atoms with Gasteiger partial charge in [0, 0.05) is 29.4 Å². The summed E-state index contributed by atoms with van der Waals surface area (Å²) in [5, 5.41) is 12.6. The number of thiophene rings is 1. The second-order valence-corrected chi connectivity index (χ2v) is 4.88. The van der Waals surface area contributed by atoms with Gasteiger partial charge in [-0.15, -0.1) is 11.3 Å². The Morgan fingerprint density at radius 3 is 3.06 bits per heavy atom. The van der Waals surface area contributed by atoms with Gasteiger partial charge < -0.3 is 5.32 Å². The van der Waals surface area contributed by atoms with Crippen LogP contribution in [-0.2, 0) is 13.0 Å². The summed E-state index contributed by atoms with van der Waals surface area (Å²) in [5.74, 6) is 0. The standard InChI is InChI=1S/C12H17N3S/c1-2-10(8-12-4-3-7-16-12)13-9-11-5-6-14-15-11/h3-7,10,13H,2,8-9H2,1H3,(H,14,15). The van der Waals surface area contributed by atoms with Crippen molar-refractivity contribution in [3.8, 4) is 0 Å². The first kappa shape index (κ1) is 11.4. The van der Waals surface area contributed by atoms with Crippen LogP contribution in [0.2, 0.25) is 0 Å². The Morgan fingerprint density at radius 2 is 2.44 bits per heavy atom. The highest BCUT2D eigenvalue weighted by molar-refractivity contribution is 7.09. The molecule has 0 aliphatic rings. The van der Waals surface area contributed by atoms with E-state index in [1.54, 1.807) is 6.20 Å². The third-order valence-electron chi connectivity index (χ3n) is 2.66. The molecule has 0 aromatic carbocycles. The molecule has 0 bridgehead atoms. The maximum Gasteiger partial charge on any atom is 0.0490 e. The molecular weight excluding hydrogens is 218 g/mol. The predicted octanol–water partition coefficient (Wildman–Crippen LogP) is 2.58. The largest absolute Gasteiger partial charge is 0.308 e. The average molecular weight is 235 g/mol. The maximum atomic E-state index is 3.94. The minimum absolute atomic E-state index is 0.543. The third-order valence-corrected chi connectivity index (χ3v) is 3.56. The van der Waals surface area contributed by atoms with E-state index in [0.29, 0.717) is 6.04 Å². The van der Waals surface area contributed by atoms with Crippen molar-refractivity contribution in [2.75, 3.05) is 0 Å². The van der Waals surface area contributed by atoms with Crippen molar-refractivity contribution in [1.29, 1.82) is 0 Å². The van der Waals surface area contributed by atoms with Crippen LogP contribution in [0.15, 0.2) is 29.8 Å². The van der Waals surface area contributed by atoms with Crippen molar-refractivity contribution in [3.63, 3.8) is 0 Å². The Labute approximate surface area is 99.9 Å². The predicted molar refractivity (Wildman–Crippen MR) is 67.5 cm³/mol. The van der Waals surface area contributed by atoms with Crippen molar-refractivity contribution in [3.05, 3.63) is 40.3 Å². The monoisotopic (exact) mass is 235 g/mol. The Kier molecular flexibility index (Phi) is 4.13. The van der Waals surface area contributed by atoms with Crippen LogP contribution in [-0.4, -0.2) is 16.2 Å². The molecule has 2 aromatic rings. The van der Waals surface area contributed by atoms with Gasteiger partial charge in [-0.25, -0.2) is 0 Å². The van der Waals surface area contributed by atoms with Crippen molar-refractivity contribution in [1.82, 2.24) is 15.5 Å². The molecule has 2 N–H and O–H groups in total. The molecule has 0 fully saturated rings. The van der Waals surface area contributed by atoms with E-state index in [2.05, 4.69) is 40.0 Å². The second-order valence-electron chi connectivity index (χ2n) is 3.85. The van der Waals surface area contributed by atoms with Crippen LogP contribution in [0.25, 0.3) is 0 Å². The summed E-state index contributed by atoms with van der Waals surface area (Å²) in [6.45, 7) is 3.09. The van der Waals surface area contributed by atoms with Crippen LogP contribution in [0.4, 0.5) is 0 Å². The lowest BCUT2D eigenvalue weighted by Gasteiger charge is -2.15. The van der Waals surface area contributed by atoms with Crippen LogP contribution in [0, 0.1) is 0 Å². The zero-order chi connectivity index (χ0) is 11.2. The van der Waals surface area contributed by atoms with Gasteiger partial charge >= 0.3 is 0 Å². The highest BCUT2D eigenvalue weighted by Gasteiger charge is 2.07. The summed E-state index contributed by atoms with van der Waals surface area (Å²) in [6.07, 6.45) is 4.05. The van der Waals surface area contributed by atoms with Crippen molar-refractivity contribution < 1.29 is 0 Å². The van der Waals surface area contributed by atoms with E-state index in [9.17, 15) is 0 Å². The van der Waals surface area contributed by atoms with Gasteiger partial charge in [0.25, 0.3) is 0 Å². The third kappa shape index (κ3) is 3.18. The summed E-state index contributed by atoms with van der Waals surface area (Å²) in [5.41, 5.74) is 1.14. The zero-order valence-corrected chi connectivity index (χ0v) is 10.3. The number of nitrogens with one attached hydrogen (secondary N) is 2. The minimum Gasteiger partial charge on any atom is -0.308 e. The van der Waals surface area contributed by atoms with Crippen molar-refractivity contribution >= 4 is 11.3 Å². The van der Waals surface area contributed by atoms with Gasteiger partial charge in [0.05, 0.1) is 0 Å². The first-order valence-corrected chi connectivity index (χ1v) is 6.50. The molecule has 16 heavy (non-hydrogen) atoms. The molecule has 0 radical (unpaired) electrons. The molecule has 1 unspecified atom stereocenters. The molecule has 0 aliphatic carbocycles. The molecule has 86 valence electrons. The summed E-state index contributed by atoms with van der Waals surface area (Å²) in [4.78, 5) is 1.45. The lowest BCUT2D eigenvalue weighted by atomic mass is 10.1. The van der Waals surface area contributed by atoms with Gasteiger partial charge in [0.2, 0.25) is 0 Å². The highest BCUT2D eigenvalue weighted by atomic mass is 32.1. The minimum atomic E-state index is 0.543. The topological polar surface area (TPSA) is 40.7 Å². The summed E-state index contributed by atoms with van der Waals surface area (Å²) in [7, 11) is 0. The van der Waals surface area contributed by atoms with E-state index in [-0.39, 0.29) is 0 Å². The SMILES string of the molecule is CCC(Cc1cccs1)NCc1ccn[nH]1. The van der Waals surface area contributed by atoms with Crippen LogP contribution in [0.1, 0.15) is 23.9 Å². The lowest BCUT2D eigenvalue weighted by Crippen LogP contribution is -2.29. The fourth-order valence-corrected chi connectivity index (χ4v) is 2.46. The van der Waals surface area contributed by atoms with Gasteiger partial charge in [-0.1, -0.05) is 13.0 Å².